The van der Waals surface area contributed by atoms with Crippen molar-refractivity contribution in [2.75, 3.05) is 13.7 Å². The number of phenols is 1. The van der Waals surface area contributed by atoms with Gasteiger partial charge in [-0.2, -0.15) is 0 Å². The number of aliphatic hydroxyl groups excluding tert-OH is 1. The molecule has 2 N–H and O–H groups in total. The summed E-state index contributed by atoms with van der Waals surface area (Å²) in [5.41, 5.74) is 1.74. The van der Waals surface area contributed by atoms with Crippen LogP contribution in [0.25, 0.3) is 0 Å². The van der Waals surface area contributed by atoms with Crippen LogP contribution in [0.3, 0.4) is 0 Å². The van der Waals surface area contributed by atoms with Crippen LogP contribution < -0.4 is 4.74 Å². The second kappa shape index (κ2) is 4.86. The minimum Gasteiger partial charge on any atom is -0.508 e. The SMILES string of the molecule is COc1cc(C)c(O)cc1CCCO. The molecule has 1 aromatic carbocycles. The lowest BCUT2D eigenvalue weighted by molar-refractivity contribution is 0.287. The second-order valence-corrected chi connectivity index (χ2v) is 3.28. The topological polar surface area (TPSA) is 49.7 Å². The van der Waals surface area contributed by atoms with Crippen molar-refractivity contribution in [2.24, 2.45) is 0 Å². The van der Waals surface area contributed by atoms with Gasteiger partial charge in [0.15, 0.2) is 0 Å². The van der Waals surface area contributed by atoms with Crippen LogP contribution in [0.2, 0.25) is 0 Å². The third kappa shape index (κ3) is 2.39. The van der Waals surface area contributed by atoms with Gasteiger partial charge in [-0.25, -0.2) is 0 Å². The summed E-state index contributed by atoms with van der Waals surface area (Å²) in [6.07, 6.45) is 1.40. The molecular formula is C11H16O3. The molecule has 0 atom stereocenters. The average Bonchev–Trinajstić information content (AvgIpc) is 2.19. The lowest BCUT2D eigenvalue weighted by Crippen LogP contribution is -1.95. The number of methoxy groups -OCH3 is 1. The van der Waals surface area contributed by atoms with E-state index in [0.29, 0.717) is 12.8 Å². The van der Waals surface area contributed by atoms with Crippen molar-refractivity contribution in [3.05, 3.63) is 23.3 Å². The molecule has 0 aliphatic carbocycles. The van der Waals surface area contributed by atoms with Crippen LogP contribution in [-0.4, -0.2) is 23.9 Å². The first-order valence-electron chi connectivity index (χ1n) is 4.66. The van der Waals surface area contributed by atoms with E-state index in [1.54, 1.807) is 13.2 Å². The van der Waals surface area contributed by atoms with Crippen molar-refractivity contribution in [1.29, 1.82) is 0 Å². The zero-order chi connectivity index (χ0) is 10.6. The Bertz CT molecular complexity index is 308. The lowest BCUT2D eigenvalue weighted by atomic mass is 10.1. The number of rotatable bonds is 4. The molecule has 0 aliphatic heterocycles. The van der Waals surface area contributed by atoms with Crippen LogP contribution in [0.5, 0.6) is 11.5 Å². The monoisotopic (exact) mass is 196 g/mol. The summed E-state index contributed by atoms with van der Waals surface area (Å²) in [5.74, 6) is 1.05. The lowest BCUT2D eigenvalue weighted by Gasteiger charge is -2.10. The van der Waals surface area contributed by atoms with E-state index in [9.17, 15) is 5.11 Å². The molecule has 14 heavy (non-hydrogen) atoms. The third-order valence-electron chi connectivity index (χ3n) is 2.20. The maximum absolute atomic E-state index is 9.50. The van der Waals surface area contributed by atoms with Gasteiger partial charge < -0.3 is 14.9 Å². The largest absolute Gasteiger partial charge is 0.508 e. The number of benzene rings is 1. The molecule has 1 rings (SSSR count). The molecule has 0 aliphatic rings. The number of ether oxygens (including phenoxy) is 1. The summed E-state index contributed by atoms with van der Waals surface area (Å²) in [4.78, 5) is 0. The average molecular weight is 196 g/mol. The summed E-state index contributed by atoms with van der Waals surface area (Å²) in [6.45, 7) is 1.98. The fourth-order valence-electron chi connectivity index (χ4n) is 1.37. The van der Waals surface area contributed by atoms with Crippen LogP contribution in [0.15, 0.2) is 12.1 Å². The Kier molecular flexibility index (Phi) is 3.77. The molecule has 0 heterocycles. The van der Waals surface area contributed by atoms with Crippen molar-refractivity contribution in [1.82, 2.24) is 0 Å². The summed E-state index contributed by atoms with van der Waals surface area (Å²) in [5, 5.41) is 18.2. The molecule has 1 aromatic rings. The minimum absolute atomic E-state index is 0.151. The van der Waals surface area contributed by atoms with Crippen LogP contribution in [0.4, 0.5) is 0 Å². The van der Waals surface area contributed by atoms with Gasteiger partial charge in [0.2, 0.25) is 0 Å². The number of phenolic OH excluding ortho intramolecular Hbond substituents is 1. The third-order valence-corrected chi connectivity index (χ3v) is 2.20. The summed E-state index contributed by atoms with van der Waals surface area (Å²) in [6, 6.07) is 3.51. The van der Waals surface area contributed by atoms with Gasteiger partial charge in [-0.3, -0.25) is 0 Å². The van der Waals surface area contributed by atoms with E-state index in [1.165, 1.54) is 0 Å². The standard InChI is InChI=1S/C11H16O3/c1-8-6-11(14-2)9(4-3-5-12)7-10(8)13/h6-7,12-13H,3-5H2,1-2H3. The molecule has 78 valence electrons. The maximum atomic E-state index is 9.50. The van der Waals surface area contributed by atoms with E-state index in [0.717, 1.165) is 16.9 Å². The van der Waals surface area contributed by atoms with Gasteiger partial charge in [-0.1, -0.05) is 0 Å². The smallest absolute Gasteiger partial charge is 0.122 e. The van der Waals surface area contributed by atoms with Crippen LogP contribution >= 0.6 is 0 Å². The highest BCUT2D eigenvalue weighted by atomic mass is 16.5. The van der Waals surface area contributed by atoms with E-state index in [2.05, 4.69) is 0 Å². The molecule has 0 fully saturated rings. The van der Waals surface area contributed by atoms with Crippen LogP contribution in [0, 0.1) is 6.92 Å². The van der Waals surface area contributed by atoms with E-state index in [4.69, 9.17) is 9.84 Å². The second-order valence-electron chi connectivity index (χ2n) is 3.28. The highest BCUT2D eigenvalue weighted by Gasteiger charge is 2.06. The fourth-order valence-corrected chi connectivity index (χ4v) is 1.37. The summed E-state index contributed by atoms with van der Waals surface area (Å²) in [7, 11) is 1.61. The molecule has 0 aromatic heterocycles. The number of hydrogen-bond donors (Lipinski definition) is 2. The molecule has 0 bridgehead atoms. The zero-order valence-electron chi connectivity index (χ0n) is 8.58. The molecule has 0 saturated carbocycles. The molecule has 0 saturated heterocycles. The first-order valence-corrected chi connectivity index (χ1v) is 4.66. The highest BCUT2D eigenvalue weighted by molar-refractivity contribution is 5.45. The van der Waals surface area contributed by atoms with Gasteiger partial charge in [0.05, 0.1) is 7.11 Å². The van der Waals surface area contributed by atoms with E-state index < -0.39 is 0 Å². The van der Waals surface area contributed by atoms with Crippen molar-refractivity contribution >= 4 is 0 Å². The molecule has 0 unspecified atom stereocenters. The van der Waals surface area contributed by atoms with Crippen molar-refractivity contribution in [3.8, 4) is 11.5 Å². The summed E-state index contributed by atoms with van der Waals surface area (Å²) >= 11 is 0. The predicted molar refractivity (Wildman–Crippen MR) is 54.8 cm³/mol. The Morgan fingerprint density at radius 1 is 1.36 bits per heavy atom. The molecule has 3 heteroatoms. The Morgan fingerprint density at radius 2 is 2.07 bits per heavy atom. The van der Waals surface area contributed by atoms with Crippen molar-refractivity contribution in [2.45, 2.75) is 19.8 Å². The minimum atomic E-state index is 0.151. The van der Waals surface area contributed by atoms with Gasteiger partial charge in [0, 0.05) is 6.61 Å². The Labute approximate surface area is 84.0 Å². The summed E-state index contributed by atoms with van der Waals surface area (Å²) < 4.78 is 5.19. The predicted octanol–water partition coefficient (Wildman–Crippen LogP) is 1.63. The Morgan fingerprint density at radius 3 is 2.64 bits per heavy atom. The van der Waals surface area contributed by atoms with Crippen LogP contribution in [-0.2, 0) is 6.42 Å². The van der Waals surface area contributed by atoms with Crippen LogP contribution in [0.1, 0.15) is 17.5 Å². The molecule has 3 nitrogen and oxygen atoms in total. The van der Waals surface area contributed by atoms with E-state index in [1.807, 2.05) is 13.0 Å². The molecule has 0 amide bonds. The number of aryl methyl sites for hydroxylation is 2. The molecular weight excluding hydrogens is 180 g/mol. The highest BCUT2D eigenvalue weighted by Crippen LogP contribution is 2.28. The number of aromatic hydroxyl groups is 1. The first kappa shape index (κ1) is 10.9. The van der Waals surface area contributed by atoms with Gasteiger partial charge in [-0.15, -0.1) is 0 Å². The number of hydrogen-bond acceptors (Lipinski definition) is 3. The Hall–Kier alpha value is -1.22. The molecule has 0 radical (unpaired) electrons. The van der Waals surface area contributed by atoms with Gasteiger partial charge in [-0.05, 0) is 43.0 Å². The quantitative estimate of drug-likeness (QED) is 0.769. The molecule has 0 spiro atoms. The van der Waals surface area contributed by atoms with Gasteiger partial charge in [0.1, 0.15) is 11.5 Å². The number of aliphatic hydroxyl groups is 1. The van der Waals surface area contributed by atoms with E-state index >= 15 is 0 Å². The fraction of sp³-hybridized carbons (Fsp3) is 0.455. The maximum Gasteiger partial charge on any atom is 0.122 e. The zero-order valence-corrected chi connectivity index (χ0v) is 8.58. The first-order chi connectivity index (χ1) is 6.69. The Balaban J connectivity index is 2.95. The normalized spacial score (nSPS) is 10.2. The van der Waals surface area contributed by atoms with Crippen molar-refractivity contribution in [3.63, 3.8) is 0 Å². The van der Waals surface area contributed by atoms with E-state index in [-0.39, 0.29) is 12.4 Å². The van der Waals surface area contributed by atoms with Crippen molar-refractivity contribution < 1.29 is 14.9 Å². The van der Waals surface area contributed by atoms with Gasteiger partial charge in [0.25, 0.3) is 0 Å². The van der Waals surface area contributed by atoms with Gasteiger partial charge >= 0.3 is 0 Å².